The van der Waals surface area contributed by atoms with Crippen molar-refractivity contribution in [3.8, 4) is 17.1 Å². The average Bonchev–Trinajstić information content (AvgIpc) is 3.27. The number of aryl methyl sites for hydroxylation is 1. The summed E-state index contributed by atoms with van der Waals surface area (Å²) in [5.74, 6) is -0.0826. The minimum atomic E-state index is -1.86. The fraction of sp³-hybridized carbons (Fsp3) is 0.467. The minimum Gasteiger partial charge on any atom is -0.494 e. The normalized spacial score (nSPS) is 17.7. The second kappa shape index (κ2) is 9.92. The van der Waals surface area contributed by atoms with Gasteiger partial charge in [0.25, 0.3) is 5.56 Å². The Hall–Kier alpha value is -3.92. The summed E-state index contributed by atoms with van der Waals surface area (Å²) < 4.78 is 12.8. The first-order chi connectivity index (χ1) is 18.9. The zero-order valence-electron chi connectivity index (χ0n) is 23.5. The van der Waals surface area contributed by atoms with Crippen LogP contribution in [0, 0.1) is 0 Å². The lowest BCUT2D eigenvalue weighted by molar-refractivity contribution is -0.172. The molecule has 0 saturated carbocycles. The van der Waals surface area contributed by atoms with Crippen molar-refractivity contribution < 1.29 is 29.3 Å². The molecule has 1 aromatic carbocycles. The van der Waals surface area contributed by atoms with Gasteiger partial charge in [-0.15, -0.1) is 0 Å². The Kier molecular flexibility index (Phi) is 6.86. The van der Waals surface area contributed by atoms with Crippen molar-refractivity contribution in [2.45, 2.75) is 78.2 Å². The van der Waals surface area contributed by atoms with E-state index in [1.807, 2.05) is 39.0 Å². The molecule has 2 N–H and O–H groups in total. The third-order valence-electron chi connectivity index (χ3n) is 7.97. The van der Waals surface area contributed by atoms with Gasteiger partial charge in [-0.2, -0.15) is 0 Å². The fourth-order valence-electron chi connectivity index (χ4n) is 5.77. The SMILES string of the molecule is CCc1c2c(nc3ccc(OCCCN(C(=O)O)C(C)(C)C)cc13)-c1cc3c(c(=O)n1C2)COC(=O)[C@]3(O)CC. The summed E-state index contributed by atoms with van der Waals surface area (Å²) in [6, 6.07) is 7.38. The van der Waals surface area contributed by atoms with Gasteiger partial charge in [-0.25, -0.2) is 14.6 Å². The number of esters is 1. The molecular weight excluding hydrogens is 514 g/mol. The largest absolute Gasteiger partial charge is 0.494 e. The topological polar surface area (TPSA) is 131 Å². The van der Waals surface area contributed by atoms with Gasteiger partial charge in [-0.05, 0) is 69.9 Å². The van der Waals surface area contributed by atoms with Crippen LogP contribution in [0.25, 0.3) is 22.3 Å². The summed E-state index contributed by atoms with van der Waals surface area (Å²) in [5.41, 5.74) is 1.94. The monoisotopic (exact) mass is 549 g/mol. The van der Waals surface area contributed by atoms with Gasteiger partial charge in [-0.3, -0.25) is 4.79 Å². The number of hydrogen-bond acceptors (Lipinski definition) is 7. The number of cyclic esters (lactones) is 1. The lowest BCUT2D eigenvalue weighted by Gasteiger charge is -2.33. The van der Waals surface area contributed by atoms with E-state index in [1.165, 1.54) is 4.90 Å². The zero-order chi connectivity index (χ0) is 29.0. The molecule has 2 aromatic heterocycles. The third kappa shape index (κ3) is 4.40. The van der Waals surface area contributed by atoms with Crippen LogP contribution in [0.4, 0.5) is 4.79 Å². The Bertz CT molecular complexity index is 1590. The van der Waals surface area contributed by atoms with Crippen LogP contribution >= 0.6 is 0 Å². The molecular formula is C30H35N3O7. The Balaban J connectivity index is 1.47. The first kappa shape index (κ1) is 27.6. The highest BCUT2D eigenvalue weighted by Crippen LogP contribution is 2.40. The van der Waals surface area contributed by atoms with Crippen LogP contribution in [-0.2, 0) is 34.7 Å². The number of hydrogen-bond donors (Lipinski definition) is 2. The van der Waals surface area contributed by atoms with Crippen LogP contribution < -0.4 is 10.3 Å². The molecule has 0 saturated heterocycles. The average molecular weight is 550 g/mol. The Morgan fingerprint density at radius 2 is 1.95 bits per heavy atom. The number of carbonyl (C=O) groups is 2. The molecule has 10 heteroatoms. The third-order valence-corrected chi connectivity index (χ3v) is 7.97. The maximum Gasteiger partial charge on any atom is 0.407 e. The molecule has 2 aliphatic rings. The standard InChI is InChI=1S/C30H35N3O7/c1-6-18-19-13-17(39-12-8-11-33(28(36)37)29(3,4)5)9-10-23(19)31-25-20(18)15-32-24(25)14-22-21(26(32)34)16-40-27(35)30(22,38)7-2/h9-10,13-14,38H,6-8,11-12,15-16H2,1-5H3,(H,36,37)/t30-/m0/s1. The predicted octanol–water partition coefficient (Wildman–Crippen LogP) is 4.19. The summed E-state index contributed by atoms with van der Waals surface area (Å²) in [6.07, 6.45) is 0.384. The predicted molar refractivity (Wildman–Crippen MR) is 148 cm³/mol. The van der Waals surface area contributed by atoms with Crippen LogP contribution in [0.5, 0.6) is 5.75 Å². The summed E-state index contributed by atoms with van der Waals surface area (Å²) in [7, 11) is 0. The van der Waals surface area contributed by atoms with E-state index in [0.717, 1.165) is 22.0 Å². The van der Waals surface area contributed by atoms with E-state index in [2.05, 4.69) is 6.92 Å². The van der Waals surface area contributed by atoms with Gasteiger partial charge in [-0.1, -0.05) is 13.8 Å². The van der Waals surface area contributed by atoms with Gasteiger partial charge in [0.15, 0.2) is 5.60 Å². The number of amides is 1. The summed E-state index contributed by atoms with van der Waals surface area (Å²) in [6.45, 7) is 10.2. The molecule has 0 spiro atoms. The van der Waals surface area contributed by atoms with E-state index in [-0.39, 0.29) is 18.6 Å². The van der Waals surface area contributed by atoms with Gasteiger partial charge in [0.05, 0.1) is 35.6 Å². The van der Waals surface area contributed by atoms with Crippen molar-refractivity contribution in [2.24, 2.45) is 0 Å². The van der Waals surface area contributed by atoms with Gasteiger partial charge >= 0.3 is 12.1 Å². The van der Waals surface area contributed by atoms with Crippen molar-refractivity contribution in [1.29, 1.82) is 0 Å². The van der Waals surface area contributed by atoms with E-state index < -0.39 is 23.2 Å². The Morgan fingerprint density at radius 3 is 2.60 bits per heavy atom. The first-order valence-electron chi connectivity index (χ1n) is 13.7. The van der Waals surface area contributed by atoms with E-state index >= 15 is 0 Å². The maximum absolute atomic E-state index is 13.5. The summed E-state index contributed by atoms with van der Waals surface area (Å²) in [5, 5.41) is 21.5. The van der Waals surface area contributed by atoms with E-state index in [0.29, 0.717) is 60.8 Å². The van der Waals surface area contributed by atoms with Crippen molar-refractivity contribution in [3.63, 3.8) is 0 Å². The van der Waals surface area contributed by atoms with Gasteiger partial charge < -0.3 is 29.2 Å². The number of rotatable bonds is 7. The summed E-state index contributed by atoms with van der Waals surface area (Å²) in [4.78, 5) is 43.8. The number of benzene rings is 1. The lowest BCUT2D eigenvalue weighted by Crippen LogP contribution is -2.45. The van der Waals surface area contributed by atoms with Crippen molar-refractivity contribution in [1.82, 2.24) is 14.5 Å². The molecule has 0 radical (unpaired) electrons. The number of carbonyl (C=O) groups excluding carboxylic acids is 1. The molecule has 0 unspecified atom stereocenters. The van der Waals surface area contributed by atoms with E-state index in [1.54, 1.807) is 17.6 Å². The number of aromatic nitrogens is 2. The van der Waals surface area contributed by atoms with E-state index in [4.69, 9.17) is 14.5 Å². The number of fused-ring (bicyclic) bond motifs is 5. The van der Waals surface area contributed by atoms with Crippen molar-refractivity contribution >= 4 is 23.0 Å². The molecule has 0 fully saturated rings. The highest BCUT2D eigenvalue weighted by molar-refractivity contribution is 5.90. The number of nitrogens with zero attached hydrogens (tertiary/aromatic N) is 3. The second-order valence-corrected chi connectivity index (χ2v) is 11.4. The maximum atomic E-state index is 13.5. The zero-order valence-corrected chi connectivity index (χ0v) is 23.5. The number of carboxylic acid groups (broad SMARTS) is 1. The second-order valence-electron chi connectivity index (χ2n) is 11.4. The molecule has 1 atom stereocenters. The molecule has 212 valence electrons. The van der Waals surface area contributed by atoms with Crippen LogP contribution in [0.3, 0.4) is 0 Å². The highest BCUT2D eigenvalue weighted by atomic mass is 16.6. The van der Waals surface area contributed by atoms with E-state index in [9.17, 15) is 24.6 Å². The molecule has 10 nitrogen and oxygen atoms in total. The molecule has 3 aromatic rings. The van der Waals surface area contributed by atoms with Gasteiger partial charge in [0.1, 0.15) is 12.4 Å². The Labute approximate surface area is 232 Å². The number of aliphatic hydroxyl groups is 1. The smallest absolute Gasteiger partial charge is 0.407 e. The van der Waals surface area contributed by atoms with Gasteiger partial charge in [0.2, 0.25) is 0 Å². The van der Waals surface area contributed by atoms with Crippen LogP contribution in [-0.4, -0.2) is 55.4 Å². The van der Waals surface area contributed by atoms with Crippen LogP contribution in [0.2, 0.25) is 0 Å². The minimum absolute atomic E-state index is 0.0905. The molecule has 0 aliphatic carbocycles. The van der Waals surface area contributed by atoms with Crippen molar-refractivity contribution in [3.05, 3.63) is 56.9 Å². The molecule has 5 rings (SSSR count). The van der Waals surface area contributed by atoms with Crippen molar-refractivity contribution in [2.75, 3.05) is 13.2 Å². The number of pyridine rings is 2. The first-order valence-corrected chi connectivity index (χ1v) is 13.7. The number of ether oxygens (including phenoxy) is 2. The quantitative estimate of drug-likeness (QED) is 0.259. The van der Waals surface area contributed by atoms with Crippen LogP contribution in [0.1, 0.15) is 69.7 Å². The van der Waals surface area contributed by atoms with Gasteiger partial charge in [0, 0.05) is 28.6 Å². The van der Waals surface area contributed by atoms with Crippen LogP contribution in [0.15, 0.2) is 29.1 Å². The molecule has 2 aliphatic heterocycles. The lowest BCUT2D eigenvalue weighted by atomic mass is 9.86. The molecule has 40 heavy (non-hydrogen) atoms. The molecule has 4 heterocycles. The molecule has 0 bridgehead atoms. The fourth-order valence-corrected chi connectivity index (χ4v) is 5.77. The molecule has 1 amide bonds. The highest BCUT2D eigenvalue weighted by Gasteiger charge is 2.45. The summed E-state index contributed by atoms with van der Waals surface area (Å²) >= 11 is 0. The Morgan fingerprint density at radius 1 is 1.20 bits per heavy atom.